The Balaban J connectivity index is 1.73. The summed E-state index contributed by atoms with van der Waals surface area (Å²) in [5.41, 5.74) is 3.09. The molecule has 8 heteroatoms. The van der Waals surface area contributed by atoms with E-state index in [1.165, 1.54) is 0 Å². The molecular weight excluding hydrogens is 382 g/mol. The van der Waals surface area contributed by atoms with Crippen molar-refractivity contribution in [3.8, 4) is 0 Å². The fourth-order valence-electron chi connectivity index (χ4n) is 3.89. The van der Waals surface area contributed by atoms with E-state index in [-0.39, 0.29) is 11.9 Å². The minimum absolute atomic E-state index is 0.0697. The molecule has 0 bridgehead atoms. The van der Waals surface area contributed by atoms with Gasteiger partial charge >= 0.3 is 5.97 Å². The van der Waals surface area contributed by atoms with Gasteiger partial charge in [-0.25, -0.2) is 14.8 Å². The molecule has 30 heavy (non-hydrogen) atoms. The van der Waals surface area contributed by atoms with Gasteiger partial charge in [0.2, 0.25) is 11.9 Å². The van der Waals surface area contributed by atoms with Crippen LogP contribution < -0.4 is 4.90 Å². The average molecular weight is 412 g/mol. The first kappa shape index (κ1) is 21.5. The molecule has 1 aliphatic heterocycles. The Morgan fingerprint density at radius 1 is 1.07 bits per heavy atom. The third-order valence-electron chi connectivity index (χ3n) is 5.45. The van der Waals surface area contributed by atoms with Crippen molar-refractivity contribution >= 4 is 23.9 Å². The molecule has 1 aliphatic rings. The highest BCUT2D eigenvalue weighted by Crippen LogP contribution is 2.25. The van der Waals surface area contributed by atoms with Crippen molar-refractivity contribution in [1.82, 2.24) is 19.4 Å². The highest BCUT2D eigenvalue weighted by atomic mass is 16.5. The Morgan fingerprint density at radius 2 is 1.73 bits per heavy atom. The van der Waals surface area contributed by atoms with Gasteiger partial charge in [0.15, 0.2) is 0 Å². The highest BCUT2D eigenvalue weighted by Gasteiger charge is 2.24. The molecular formula is C22H29N5O3. The largest absolute Gasteiger partial charge is 0.462 e. The lowest BCUT2D eigenvalue weighted by molar-refractivity contribution is -0.126. The van der Waals surface area contributed by atoms with Gasteiger partial charge in [0.25, 0.3) is 0 Å². The fraction of sp³-hybridized carbons (Fsp3) is 0.455. The lowest BCUT2D eigenvalue weighted by Crippen LogP contribution is -2.48. The molecule has 1 saturated heterocycles. The summed E-state index contributed by atoms with van der Waals surface area (Å²) in [5.74, 6) is 0.264. The maximum absolute atomic E-state index is 12.8. The smallest absolute Gasteiger partial charge is 0.340 e. The Kier molecular flexibility index (Phi) is 6.87. The summed E-state index contributed by atoms with van der Waals surface area (Å²) in [6, 6.07) is 1.79. The van der Waals surface area contributed by atoms with E-state index in [1.54, 1.807) is 42.4 Å². The molecule has 0 radical (unpaired) electrons. The number of anilines is 1. The first-order chi connectivity index (χ1) is 14.5. The molecule has 3 heterocycles. The van der Waals surface area contributed by atoms with Crippen LogP contribution in [0.15, 0.2) is 24.5 Å². The number of hydrogen-bond acceptors (Lipinski definition) is 6. The van der Waals surface area contributed by atoms with Crippen molar-refractivity contribution in [3.05, 3.63) is 47.1 Å². The summed E-state index contributed by atoms with van der Waals surface area (Å²) in [5, 5.41) is 0. The fourth-order valence-corrected chi connectivity index (χ4v) is 3.89. The molecule has 8 nitrogen and oxygen atoms in total. The molecule has 1 fully saturated rings. The van der Waals surface area contributed by atoms with Crippen LogP contribution in [-0.4, -0.2) is 64.1 Å². The lowest BCUT2D eigenvalue weighted by Gasteiger charge is -2.34. The molecule has 2 aromatic rings. The van der Waals surface area contributed by atoms with E-state index < -0.39 is 0 Å². The van der Waals surface area contributed by atoms with Crippen LogP contribution >= 0.6 is 0 Å². The van der Waals surface area contributed by atoms with E-state index >= 15 is 0 Å². The number of amides is 1. The molecule has 0 unspecified atom stereocenters. The predicted octanol–water partition coefficient (Wildman–Crippen LogP) is 2.45. The second-order valence-electron chi connectivity index (χ2n) is 7.12. The van der Waals surface area contributed by atoms with E-state index in [0.717, 1.165) is 23.5 Å². The van der Waals surface area contributed by atoms with Gasteiger partial charge in [-0.05, 0) is 39.8 Å². The van der Waals surface area contributed by atoms with Gasteiger partial charge in [-0.3, -0.25) is 4.79 Å². The second kappa shape index (κ2) is 9.56. The summed E-state index contributed by atoms with van der Waals surface area (Å²) in [6.45, 7) is 11.3. The quantitative estimate of drug-likeness (QED) is 0.537. The van der Waals surface area contributed by atoms with E-state index in [1.807, 2.05) is 20.8 Å². The van der Waals surface area contributed by atoms with Crippen LogP contribution in [0.3, 0.4) is 0 Å². The number of aromatic nitrogens is 3. The predicted molar refractivity (Wildman–Crippen MR) is 115 cm³/mol. The topological polar surface area (TPSA) is 80.6 Å². The zero-order valence-electron chi connectivity index (χ0n) is 18.1. The van der Waals surface area contributed by atoms with Gasteiger partial charge in [0, 0.05) is 68.1 Å². The van der Waals surface area contributed by atoms with Gasteiger partial charge in [-0.15, -0.1) is 0 Å². The molecule has 160 valence electrons. The van der Waals surface area contributed by atoms with Crippen molar-refractivity contribution in [2.75, 3.05) is 37.7 Å². The van der Waals surface area contributed by atoms with Crippen molar-refractivity contribution < 1.29 is 14.3 Å². The molecule has 3 rings (SSSR count). The molecule has 2 aromatic heterocycles. The number of hydrogen-bond donors (Lipinski definition) is 0. The van der Waals surface area contributed by atoms with Crippen LogP contribution in [0.2, 0.25) is 0 Å². The Hall–Kier alpha value is -3.16. The summed E-state index contributed by atoms with van der Waals surface area (Å²) in [7, 11) is 0. The summed E-state index contributed by atoms with van der Waals surface area (Å²) in [6.07, 6.45) is 6.74. The number of piperazine rings is 1. The minimum Gasteiger partial charge on any atom is -0.462 e. The Labute approximate surface area is 177 Å². The molecule has 0 aliphatic carbocycles. The summed E-state index contributed by atoms with van der Waals surface area (Å²) < 4.78 is 7.30. The number of nitrogens with zero attached hydrogens (tertiary/aromatic N) is 5. The number of carbonyl (C=O) groups is 2. The van der Waals surface area contributed by atoms with Gasteiger partial charge in [0.1, 0.15) is 0 Å². The minimum atomic E-state index is -0.353. The van der Waals surface area contributed by atoms with Gasteiger partial charge in [-0.2, -0.15) is 0 Å². The number of esters is 1. The first-order valence-electron chi connectivity index (χ1n) is 10.3. The first-order valence-corrected chi connectivity index (χ1v) is 10.3. The van der Waals surface area contributed by atoms with Crippen molar-refractivity contribution in [2.45, 2.75) is 34.2 Å². The third-order valence-corrected chi connectivity index (χ3v) is 5.45. The number of ether oxygens (including phenoxy) is 1. The normalized spacial score (nSPS) is 14.4. The summed E-state index contributed by atoms with van der Waals surface area (Å²) >= 11 is 0. The maximum Gasteiger partial charge on any atom is 0.340 e. The van der Waals surface area contributed by atoms with E-state index in [4.69, 9.17) is 4.74 Å². The van der Waals surface area contributed by atoms with Crippen molar-refractivity contribution in [3.63, 3.8) is 0 Å². The number of rotatable bonds is 6. The van der Waals surface area contributed by atoms with Crippen LogP contribution in [0.4, 0.5) is 5.95 Å². The molecule has 0 N–H and O–H groups in total. The maximum atomic E-state index is 12.8. The van der Waals surface area contributed by atoms with Gasteiger partial charge < -0.3 is 19.1 Å². The van der Waals surface area contributed by atoms with E-state index in [2.05, 4.69) is 19.4 Å². The van der Waals surface area contributed by atoms with E-state index in [0.29, 0.717) is 44.3 Å². The molecule has 0 spiro atoms. The van der Waals surface area contributed by atoms with E-state index in [9.17, 15) is 9.59 Å². The van der Waals surface area contributed by atoms with Gasteiger partial charge in [0.05, 0.1) is 12.2 Å². The molecule has 0 aromatic carbocycles. The Morgan fingerprint density at radius 3 is 2.33 bits per heavy atom. The average Bonchev–Trinajstić information content (AvgIpc) is 3.01. The Bertz CT molecular complexity index is 928. The van der Waals surface area contributed by atoms with Gasteiger partial charge in [-0.1, -0.05) is 0 Å². The summed E-state index contributed by atoms with van der Waals surface area (Å²) in [4.78, 5) is 37.7. The third kappa shape index (κ3) is 4.37. The SMILES string of the molecule is CCOC(=O)c1c(/C=C/C(=O)N2CCN(c3ncccn3)CC2)c(C)n(CC)c1C. The zero-order valence-corrected chi connectivity index (χ0v) is 18.1. The highest BCUT2D eigenvalue weighted by molar-refractivity contribution is 5.98. The van der Waals surface area contributed by atoms with Crippen molar-refractivity contribution in [1.29, 1.82) is 0 Å². The zero-order chi connectivity index (χ0) is 21.7. The van der Waals surface area contributed by atoms with Crippen LogP contribution in [0.25, 0.3) is 6.08 Å². The molecule has 0 atom stereocenters. The molecule has 1 amide bonds. The monoisotopic (exact) mass is 411 g/mol. The standard InChI is InChI=1S/C22H29N5O3/c1-5-27-16(3)18(20(17(27)4)21(29)30-6-2)8-9-19(28)25-12-14-26(15-13-25)22-23-10-7-11-24-22/h7-11H,5-6,12-15H2,1-4H3/b9-8+. The lowest BCUT2D eigenvalue weighted by atomic mass is 10.1. The van der Waals surface area contributed by atoms with Crippen LogP contribution in [-0.2, 0) is 16.1 Å². The van der Waals surface area contributed by atoms with Crippen LogP contribution in [0.1, 0.15) is 41.2 Å². The number of carbonyl (C=O) groups excluding carboxylic acids is 2. The van der Waals surface area contributed by atoms with Crippen LogP contribution in [0, 0.1) is 13.8 Å². The van der Waals surface area contributed by atoms with Crippen molar-refractivity contribution in [2.24, 2.45) is 0 Å². The second-order valence-corrected chi connectivity index (χ2v) is 7.12. The van der Waals surface area contributed by atoms with Crippen LogP contribution in [0.5, 0.6) is 0 Å². The molecule has 0 saturated carbocycles.